The molecule has 5 heteroatoms. The Morgan fingerprint density at radius 2 is 1.88 bits per heavy atom. The van der Waals surface area contributed by atoms with Crippen LogP contribution in [-0.4, -0.2) is 46.7 Å². The number of pyridine rings is 1. The molecule has 0 bridgehead atoms. The molecule has 2 aromatic heterocycles. The lowest BCUT2D eigenvalue weighted by Gasteiger charge is -2.27. The quantitative estimate of drug-likeness (QED) is 0.739. The lowest BCUT2D eigenvalue weighted by atomic mass is 10.1. The first kappa shape index (κ1) is 15.8. The number of amides is 1. The number of rotatable bonds is 3. The molecule has 3 aromatic rings. The van der Waals surface area contributed by atoms with Crippen LogP contribution in [0.3, 0.4) is 0 Å². The molecule has 0 saturated carbocycles. The molecule has 0 aliphatic carbocycles. The van der Waals surface area contributed by atoms with E-state index in [1.54, 1.807) is 0 Å². The van der Waals surface area contributed by atoms with E-state index >= 15 is 0 Å². The number of carbonyl (C=O) groups is 1. The summed E-state index contributed by atoms with van der Waals surface area (Å²) in [5.74, 6) is 0.133. The highest BCUT2D eigenvalue weighted by Gasteiger charge is 2.19. The molecule has 1 fully saturated rings. The maximum absolute atomic E-state index is 12.6. The minimum Gasteiger partial charge on any atom is -0.378 e. The van der Waals surface area contributed by atoms with Crippen molar-refractivity contribution in [2.45, 2.75) is 13.5 Å². The van der Waals surface area contributed by atoms with Crippen LogP contribution < -0.4 is 0 Å². The molecular weight excluding hydrogens is 314 g/mol. The molecular formula is C20H21N3O2. The zero-order chi connectivity index (χ0) is 17.2. The molecule has 0 unspecified atom stereocenters. The average Bonchev–Trinajstić information content (AvgIpc) is 2.98. The molecule has 0 atom stereocenters. The fourth-order valence-corrected chi connectivity index (χ4v) is 3.30. The molecule has 0 radical (unpaired) electrons. The summed E-state index contributed by atoms with van der Waals surface area (Å²) in [5, 5.41) is 0. The van der Waals surface area contributed by atoms with Crippen LogP contribution in [0.4, 0.5) is 0 Å². The molecule has 128 valence electrons. The van der Waals surface area contributed by atoms with Crippen LogP contribution >= 0.6 is 0 Å². The van der Waals surface area contributed by atoms with Gasteiger partial charge in [0.15, 0.2) is 0 Å². The number of aryl methyl sites for hydroxylation is 1. The van der Waals surface area contributed by atoms with Gasteiger partial charge in [0.2, 0.25) is 5.91 Å². The maximum atomic E-state index is 12.6. The van der Waals surface area contributed by atoms with Gasteiger partial charge in [0.25, 0.3) is 0 Å². The summed E-state index contributed by atoms with van der Waals surface area (Å²) in [6.45, 7) is 4.95. The predicted molar refractivity (Wildman–Crippen MR) is 97.3 cm³/mol. The Hall–Kier alpha value is -2.66. The van der Waals surface area contributed by atoms with Crippen LogP contribution in [0, 0.1) is 6.92 Å². The van der Waals surface area contributed by atoms with Crippen molar-refractivity contribution in [3.63, 3.8) is 0 Å². The van der Waals surface area contributed by atoms with Gasteiger partial charge in [-0.15, -0.1) is 0 Å². The zero-order valence-corrected chi connectivity index (χ0v) is 14.3. The molecule has 1 aliphatic heterocycles. The average molecular weight is 335 g/mol. The Kier molecular flexibility index (Phi) is 4.24. The highest BCUT2D eigenvalue weighted by atomic mass is 16.5. The second kappa shape index (κ2) is 6.69. The Balaban J connectivity index is 1.68. The highest BCUT2D eigenvalue weighted by molar-refractivity contribution is 5.85. The van der Waals surface area contributed by atoms with Gasteiger partial charge >= 0.3 is 0 Å². The lowest BCUT2D eigenvalue weighted by molar-refractivity contribution is -0.135. The fourth-order valence-electron chi connectivity index (χ4n) is 3.30. The summed E-state index contributed by atoms with van der Waals surface area (Å²) in [4.78, 5) is 19.1. The number of aromatic nitrogens is 2. The lowest BCUT2D eigenvalue weighted by Crippen LogP contribution is -2.42. The van der Waals surface area contributed by atoms with Crippen LogP contribution in [0.25, 0.3) is 22.2 Å². The minimum absolute atomic E-state index is 0.133. The van der Waals surface area contributed by atoms with Crippen molar-refractivity contribution in [1.29, 1.82) is 0 Å². The van der Waals surface area contributed by atoms with Crippen LogP contribution in [0.15, 0.2) is 48.7 Å². The van der Waals surface area contributed by atoms with E-state index in [0.717, 1.165) is 27.9 Å². The molecule has 1 saturated heterocycles. The number of nitrogens with zero attached hydrogens (tertiary/aromatic N) is 3. The monoisotopic (exact) mass is 335 g/mol. The first-order valence-electron chi connectivity index (χ1n) is 8.59. The molecule has 0 spiro atoms. The van der Waals surface area contributed by atoms with Crippen molar-refractivity contribution in [1.82, 2.24) is 14.5 Å². The summed E-state index contributed by atoms with van der Waals surface area (Å²) in [5.41, 5.74) is 5.16. The number of carbonyl (C=O) groups excluding carboxylic acids is 1. The summed E-state index contributed by atoms with van der Waals surface area (Å²) in [6, 6.07) is 14.3. The van der Waals surface area contributed by atoms with Crippen LogP contribution in [0.1, 0.15) is 5.69 Å². The summed E-state index contributed by atoms with van der Waals surface area (Å²) in [6.07, 6.45) is 1.89. The van der Waals surface area contributed by atoms with Crippen LogP contribution in [-0.2, 0) is 16.1 Å². The Morgan fingerprint density at radius 1 is 1.12 bits per heavy atom. The van der Waals surface area contributed by atoms with Gasteiger partial charge in [0.05, 0.1) is 24.2 Å². The maximum Gasteiger partial charge on any atom is 0.242 e. The van der Waals surface area contributed by atoms with Crippen molar-refractivity contribution in [3.05, 3.63) is 54.4 Å². The second-order valence-corrected chi connectivity index (χ2v) is 6.36. The van der Waals surface area contributed by atoms with Crippen LogP contribution in [0.5, 0.6) is 0 Å². The summed E-state index contributed by atoms with van der Waals surface area (Å²) < 4.78 is 7.40. The molecule has 25 heavy (non-hydrogen) atoms. The number of benzene rings is 1. The SMILES string of the molecule is Cc1cc2ncc(-c3ccccc3)cc2n1CC(=O)N1CCOCC1. The molecule has 4 rings (SSSR count). The first-order chi connectivity index (χ1) is 12.2. The van der Waals surface area contributed by atoms with Crippen molar-refractivity contribution in [3.8, 4) is 11.1 Å². The van der Waals surface area contributed by atoms with E-state index in [9.17, 15) is 4.79 Å². The van der Waals surface area contributed by atoms with Gasteiger partial charge in [-0.1, -0.05) is 30.3 Å². The standard InChI is InChI=1S/C20H21N3O2/c1-15-11-18-19(12-17(13-21-18)16-5-3-2-4-6-16)23(15)14-20(24)22-7-9-25-10-8-22/h2-6,11-13H,7-10,14H2,1H3. The third-order valence-electron chi connectivity index (χ3n) is 4.72. The van der Waals surface area contributed by atoms with E-state index in [0.29, 0.717) is 32.8 Å². The zero-order valence-electron chi connectivity index (χ0n) is 14.3. The Labute approximate surface area is 146 Å². The van der Waals surface area contributed by atoms with E-state index in [2.05, 4.69) is 27.8 Å². The van der Waals surface area contributed by atoms with Crippen molar-refractivity contribution in [2.24, 2.45) is 0 Å². The predicted octanol–water partition coefficient (Wildman–Crippen LogP) is 2.87. The van der Waals surface area contributed by atoms with Gasteiger partial charge in [-0.25, -0.2) is 0 Å². The normalized spacial score (nSPS) is 14.8. The van der Waals surface area contributed by atoms with E-state index in [-0.39, 0.29) is 5.91 Å². The van der Waals surface area contributed by atoms with Gasteiger partial charge in [-0.3, -0.25) is 9.78 Å². The summed E-state index contributed by atoms with van der Waals surface area (Å²) >= 11 is 0. The highest BCUT2D eigenvalue weighted by Crippen LogP contribution is 2.25. The smallest absolute Gasteiger partial charge is 0.242 e. The van der Waals surface area contributed by atoms with Crippen LogP contribution in [0.2, 0.25) is 0 Å². The van der Waals surface area contributed by atoms with Gasteiger partial charge in [-0.2, -0.15) is 0 Å². The number of hydrogen-bond donors (Lipinski definition) is 0. The molecule has 1 aliphatic rings. The Morgan fingerprint density at radius 3 is 2.64 bits per heavy atom. The number of ether oxygens (including phenoxy) is 1. The molecule has 0 N–H and O–H groups in total. The van der Waals surface area contributed by atoms with E-state index in [1.807, 2.05) is 42.3 Å². The van der Waals surface area contributed by atoms with Gasteiger partial charge in [0.1, 0.15) is 6.54 Å². The van der Waals surface area contributed by atoms with E-state index in [4.69, 9.17) is 4.74 Å². The number of morpholine rings is 1. The molecule has 3 heterocycles. The molecule has 5 nitrogen and oxygen atoms in total. The second-order valence-electron chi connectivity index (χ2n) is 6.36. The first-order valence-corrected chi connectivity index (χ1v) is 8.59. The minimum atomic E-state index is 0.133. The van der Waals surface area contributed by atoms with Crippen molar-refractivity contribution in [2.75, 3.05) is 26.3 Å². The van der Waals surface area contributed by atoms with Gasteiger partial charge in [0, 0.05) is 30.5 Å². The van der Waals surface area contributed by atoms with Crippen molar-refractivity contribution >= 4 is 16.9 Å². The number of fused-ring (bicyclic) bond motifs is 1. The van der Waals surface area contributed by atoms with E-state index in [1.165, 1.54) is 0 Å². The molecule has 1 aromatic carbocycles. The van der Waals surface area contributed by atoms with E-state index < -0.39 is 0 Å². The summed E-state index contributed by atoms with van der Waals surface area (Å²) in [7, 11) is 0. The molecule has 1 amide bonds. The topological polar surface area (TPSA) is 47.4 Å². The fraction of sp³-hybridized carbons (Fsp3) is 0.300. The van der Waals surface area contributed by atoms with Gasteiger partial charge in [-0.05, 0) is 24.6 Å². The third kappa shape index (κ3) is 3.15. The van der Waals surface area contributed by atoms with Gasteiger partial charge < -0.3 is 14.2 Å². The Bertz CT molecular complexity index is 896. The number of hydrogen-bond acceptors (Lipinski definition) is 3. The largest absolute Gasteiger partial charge is 0.378 e. The third-order valence-corrected chi connectivity index (χ3v) is 4.72. The van der Waals surface area contributed by atoms with Crippen molar-refractivity contribution < 1.29 is 9.53 Å².